The van der Waals surface area contributed by atoms with Crippen molar-refractivity contribution < 1.29 is 19.4 Å². The Labute approximate surface area is 139 Å². The summed E-state index contributed by atoms with van der Waals surface area (Å²) in [5.74, 6) is -0.454. The van der Waals surface area contributed by atoms with E-state index in [4.69, 9.17) is 4.74 Å². The first-order valence-electron chi connectivity index (χ1n) is 8.02. The van der Waals surface area contributed by atoms with Gasteiger partial charge in [0.2, 0.25) is 0 Å². The van der Waals surface area contributed by atoms with Gasteiger partial charge in [-0.1, -0.05) is 0 Å². The third-order valence-electron chi connectivity index (χ3n) is 4.36. The molecule has 1 heterocycles. The van der Waals surface area contributed by atoms with Gasteiger partial charge in [0.05, 0.1) is 18.8 Å². The van der Waals surface area contributed by atoms with Crippen molar-refractivity contribution in [3.8, 4) is 0 Å². The molecule has 1 aliphatic rings. The van der Waals surface area contributed by atoms with Crippen LogP contribution < -0.4 is 10.6 Å². The van der Waals surface area contributed by atoms with Crippen molar-refractivity contribution in [1.29, 1.82) is 0 Å². The third kappa shape index (κ3) is 3.51. The van der Waals surface area contributed by atoms with Crippen LogP contribution in [-0.4, -0.2) is 41.3 Å². The molecule has 7 heteroatoms. The van der Waals surface area contributed by atoms with Gasteiger partial charge in [-0.3, -0.25) is 0 Å². The number of aliphatic hydroxyl groups is 1. The zero-order valence-electron chi connectivity index (χ0n) is 13.5. The number of carbonyl (C=O) groups is 2. The fourth-order valence-corrected chi connectivity index (χ4v) is 3.09. The highest BCUT2D eigenvalue weighted by atomic mass is 16.5. The lowest BCUT2D eigenvalue weighted by molar-refractivity contribution is 0.0603. The summed E-state index contributed by atoms with van der Waals surface area (Å²) in [5, 5.41) is 15.9. The lowest BCUT2D eigenvalue weighted by Crippen LogP contribution is -2.40. The molecule has 1 aromatic carbocycles. The van der Waals surface area contributed by atoms with Crippen LogP contribution in [0.2, 0.25) is 0 Å². The van der Waals surface area contributed by atoms with Crippen molar-refractivity contribution in [3.05, 3.63) is 30.0 Å². The summed E-state index contributed by atoms with van der Waals surface area (Å²) in [4.78, 5) is 27.1. The Kier molecular flexibility index (Phi) is 4.71. The first-order chi connectivity index (χ1) is 11.6. The molecule has 1 aromatic heterocycles. The first-order valence-corrected chi connectivity index (χ1v) is 8.02. The van der Waals surface area contributed by atoms with E-state index in [2.05, 4.69) is 15.6 Å². The molecule has 1 fully saturated rings. The van der Waals surface area contributed by atoms with Crippen LogP contribution in [0.25, 0.3) is 10.9 Å². The zero-order chi connectivity index (χ0) is 17.1. The Morgan fingerprint density at radius 2 is 2.00 bits per heavy atom. The highest BCUT2D eigenvalue weighted by molar-refractivity contribution is 6.06. The van der Waals surface area contributed by atoms with Gasteiger partial charge in [-0.2, -0.15) is 0 Å². The summed E-state index contributed by atoms with van der Waals surface area (Å²) in [5.41, 5.74) is 1.65. The van der Waals surface area contributed by atoms with Gasteiger partial charge in [-0.15, -0.1) is 0 Å². The Balaban J connectivity index is 1.72. The molecule has 0 radical (unpaired) electrons. The average molecular weight is 331 g/mol. The number of hydrogen-bond donors (Lipinski definition) is 4. The Morgan fingerprint density at radius 3 is 2.71 bits per heavy atom. The second-order valence-electron chi connectivity index (χ2n) is 6.06. The van der Waals surface area contributed by atoms with Gasteiger partial charge >= 0.3 is 12.0 Å². The number of hydrogen-bond acceptors (Lipinski definition) is 4. The Bertz CT molecular complexity index is 747. The molecule has 2 aromatic rings. The number of aliphatic hydroxyl groups excluding tert-OH is 1. The number of fused-ring (bicyclic) bond motifs is 1. The van der Waals surface area contributed by atoms with Crippen molar-refractivity contribution in [2.24, 2.45) is 0 Å². The molecule has 0 saturated heterocycles. The molecular formula is C17H21N3O4. The standard InChI is InChI=1S/C17H21N3O4/c1-24-16(22)14-8-11(9-15-13(14)6-7-18-15)20-17(23)19-10-2-4-12(21)5-3-10/h6-10,12,18,21H,2-5H2,1H3,(H2,19,20,23). The molecule has 0 aliphatic heterocycles. The number of carbonyl (C=O) groups excluding carboxylic acids is 2. The van der Waals surface area contributed by atoms with Crippen LogP contribution in [0.15, 0.2) is 24.4 Å². The van der Waals surface area contributed by atoms with Gasteiger partial charge in [-0.25, -0.2) is 9.59 Å². The molecule has 1 aliphatic carbocycles. The molecule has 0 bridgehead atoms. The highest BCUT2D eigenvalue weighted by Gasteiger charge is 2.21. The Morgan fingerprint density at radius 1 is 1.25 bits per heavy atom. The lowest BCUT2D eigenvalue weighted by Gasteiger charge is -2.26. The highest BCUT2D eigenvalue weighted by Crippen LogP contribution is 2.24. The lowest BCUT2D eigenvalue weighted by atomic mass is 9.93. The minimum absolute atomic E-state index is 0.0581. The number of nitrogens with one attached hydrogen (secondary N) is 3. The van der Waals surface area contributed by atoms with E-state index < -0.39 is 5.97 Å². The molecule has 4 N–H and O–H groups in total. The van der Waals surface area contributed by atoms with E-state index in [1.165, 1.54) is 7.11 Å². The molecule has 0 unspecified atom stereocenters. The number of rotatable bonds is 3. The van der Waals surface area contributed by atoms with E-state index >= 15 is 0 Å². The Hall–Kier alpha value is -2.54. The fourth-order valence-electron chi connectivity index (χ4n) is 3.09. The summed E-state index contributed by atoms with van der Waals surface area (Å²) in [6.07, 6.45) is 4.39. The number of H-pyrrole nitrogens is 1. The van der Waals surface area contributed by atoms with Gasteiger partial charge in [-0.05, 0) is 43.9 Å². The molecule has 3 rings (SSSR count). The van der Waals surface area contributed by atoms with Crippen molar-refractivity contribution >= 4 is 28.6 Å². The van der Waals surface area contributed by atoms with Crippen molar-refractivity contribution in [3.63, 3.8) is 0 Å². The maximum absolute atomic E-state index is 12.2. The molecule has 0 spiro atoms. The van der Waals surface area contributed by atoms with E-state index in [1.54, 1.807) is 24.4 Å². The van der Waals surface area contributed by atoms with Crippen LogP contribution in [0.4, 0.5) is 10.5 Å². The molecule has 1 saturated carbocycles. The molecule has 24 heavy (non-hydrogen) atoms. The number of ether oxygens (including phenoxy) is 1. The van der Waals surface area contributed by atoms with Crippen molar-refractivity contribution in [1.82, 2.24) is 10.3 Å². The van der Waals surface area contributed by atoms with E-state index in [0.717, 1.165) is 23.7 Å². The number of aromatic amines is 1. The predicted molar refractivity (Wildman–Crippen MR) is 90.1 cm³/mol. The largest absolute Gasteiger partial charge is 0.465 e. The SMILES string of the molecule is COC(=O)c1cc(NC(=O)NC2CCC(O)CC2)cc2[nH]ccc12. The van der Waals surface area contributed by atoms with Gasteiger partial charge < -0.3 is 25.5 Å². The number of urea groups is 1. The van der Waals surface area contributed by atoms with E-state index in [1.807, 2.05) is 0 Å². The summed E-state index contributed by atoms with van der Waals surface area (Å²) < 4.78 is 4.80. The molecular weight excluding hydrogens is 310 g/mol. The molecule has 7 nitrogen and oxygen atoms in total. The van der Waals surface area contributed by atoms with E-state index in [0.29, 0.717) is 24.1 Å². The van der Waals surface area contributed by atoms with Crippen LogP contribution in [0.5, 0.6) is 0 Å². The van der Waals surface area contributed by atoms with Gasteiger partial charge in [0.25, 0.3) is 0 Å². The first kappa shape index (κ1) is 16.3. The topological polar surface area (TPSA) is 103 Å². The summed E-state index contributed by atoms with van der Waals surface area (Å²) in [7, 11) is 1.32. The number of methoxy groups -OCH3 is 1. The number of aromatic nitrogens is 1. The summed E-state index contributed by atoms with van der Waals surface area (Å²) in [6.45, 7) is 0. The number of anilines is 1. The third-order valence-corrected chi connectivity index (χ3v) is 4.36. The van der Waals surface area contributed by atoms with Crippen molar-refractivity contribution in [2.75, 3.05) is 12.4 Å². The van der Waals surface area contributed by atoms with Crippen molar-refractivity contribution in [2.45, 2.75) is 37.8 Å². The molecule has 128 valence electrons. The van der Waals surface area contributed by atoms with Crippen LogP contribution in [0, 0.1) is 0 Å². The van der Waals surface area contributed by atoms with E-state index in [9.17, 15) is 14.7 Å². The normalized spacial score (nSPS) is 20.6. The zero-order valence-corrected chi connectivity index (χ0v) is 13.5. The predicted octanol–water partition coefficient (Wildman–Crippen LogP) is 2.38. The van der Waals surface area contributed by atoms with Crippen LogP contribution >= 0.6 is 0 Å². The van der Waals surface area contributed by atoms with Gasteiger partial charge in [0, 0.05) is 28.8 Å². The maximum atomic E-state index is 12.2. The number of benzene rings is 1. The van der Waals surface area contributed by atoms with Crippen LogP contribution in [0.3, 0.4) is 0 Å². The monoisotopic (exact) mass is 331 g/mol. The fraction of sp³-hybridized carbons (Fsp3) is 0.412. The minimum atomic E-state index is -0.454. The quantitative estimate of drug-likeness (QED) is 0.648. The average Bonchev–Trinajstić information content (AvgIpc) is 3.04. The minimum Gasteiger partial charge on any atom is -0.465 e. The van der Waals surface area contributed by atoms with Crippen LogP contribution in [-0.2, 0) is 4.74 Å². The smallest absolute Gasteiger partial charge is 0.338 e. The summed E-state index contributed by atoms with van der Waals surface area (Å²) >= 11 is 0. The second kappa shape index (κ2) is 6.92. The molecule has 2 amide bonds. The van der Waals surface area contributed by atoms with E-state index in [-0.39, 0.29) is 18.2 Å². The van der Waals surface area contributed by atoms with Gasteiger partial charge in [0.15, 0.2) is 0 Å². The summed E-state index contributed by atoms with van der Waals surface area (Å²) in [6, 6.07) is 4.90. The maximum Gasteiger partial charge on any atom is 0.338 e. The number of amides is 2. The van der Waals surface area contributed by atoms with Gasteiger partial charge in [0.1, 0.15) is 0 Å². The number of esters is 1. The van der Waals surface area contributed by atoms with Crippen LogP contribution in [0.1, 0.15) is 36.0 Å². The second-order valence-corrected chi connectivity index (χ2v) is 6.06. The molecule has 0 atom stereocenters.